The summed E-state index contributed by atoms with van der Waals surface area (Å²) in [7, 11) is 0. The van der Waals surface area contributed by atoms with Crippen LogP contribution < -0.4 is 0 Å². The zero-order chi connectivity index (χ0) is 57.8. The van der Waals surface area contributed by atoms with Gasteiger partial charge in [-0.1, -0.05) is 276 Å². The van der Waals surface area contributed by atoms with Crippen molar-refractivity contribution in [3.63, 3.8) is 0 Å². The van der Waals surface area contributed by atoms with Crippen molar-refractivity contribution in [3.05, 3.63) is 134 Å². The molecule has 0 aliphatic heterocycles. The molecule has 0 amide bonds. The highest BCUT2D eigenvalue weighted by Gasteiger charge is 2.19. The minimum atomic E-state index is -0.813. The molecule has 6 heteroatoms. The van der Waals surface area contributed by atoms with E-state index in [1.807, 2.05) is 0 Å². The second kappa shape index (κ2) is 67.1. The van der Waals surface area contributed by atoms with Gasteiger partial charge in [0.1, 0.15) is 13.2 Å². The molecule has 0 radical (unpaired) electrons. The third-order valence-electron chi connectivity index (χ3n) is 13.9. The number of rotatable bonds is 59. The van der Waals surface area contributed by atoms with Gasteiger partial charge in [-0.25, -0.2) is 0 Å². The molecule has 1 unspecified atom stereocenters. The molecule has 1 atom stereocenters. The second-order valence-corrected chi connectivity index (χ2v) is 21.6. The molecule has 0 bridgehead atoms. The second-order valence-electron chi connectivity index (χ2n) is 21.6. The van der Waals surface area contributed by atoms with Gasteiger partial charge in [0, 0.05) is 19.3 Å². The minimum absolute atomic E-state index is 0.104. The fourth-order valence-corrected chi connectivity index (χ4v) is 8.90. The smallest absolute Gasteiger partial charge is 0.306 e. The number of unbranched alkanes of at least 4 members (excludes halogenated alkanes) is 26. The Balaban J connectivity index is 4.47. The summed E-state index contributed by atoms with van der Waals surface area (Å²) in [5.74, 6) is -0.974. The van der Waals surface area contributed by atoms with Crippen molar-refractivity contribution in [1.82, 2.24) is 0 Å². The maximum atomic E-state index is 12.9. The average Bonchev–Trinajstić information content (AvgIpc) is 3.46. The van der Waals surface area contributed by atoms with Crippen LogP contribution in [0.2, 0.25) is 0 Å². The molecule has 0 aliphatic rings. The van der Waals surface area contributed by atoms with Crippen molar-refractivity contribution in [2.75, 3.05) is 13.2 Å². The Kier molecular flexibility index (Phi) is 63.3. The molecule has 0 aromatic heterocycles. The van der Waals surface area contributed by atoms with E-state index in [1.54, 1.807) is 0 Å². The monoisotopic (exact) mass is 1110 g/mol. The fourth-order valence-electron chi connectivity index (χ4n) is 8.90. The van der Waals surface area contributed by atoms with Crippen LogP contribution >= 0.6 is 0 Å². The Morgan fingerprint density at radius 1 is 0.263 bits per heavy atom. The molecule has 454 valence electrons. The Morgan fingerprint density at radius 2 is 0.500 bits per heavy atom. The molecular weight excluding hydrogens is 985 g/mol. The maximum absolute atomic E-state index is 12.9. The molecular formula is C74H122O6. The lowest BCUT2D eigenvalue weighted by Gasteiger charge is -2.18. The van der Waals surface area contributed by atoms with E-state index in [1.165, 1.54) is 135 Å². The van der Waals surface area contributed by atoms with Gasteiger partial charge in [0.05, 0.1) is 0 Å². The van der Waals surface area contributed by atoms with Gasteiger partial charge in [0.25, 0.3) is 0 Å². The van der Waals surface area contributed by atoms with Gasteiger partial charge in [0.2, 0.25) is 0 Å². The Morgan fingerprint density at radius 3 is 0.825 bits per heavy atom. The van der Waals surface area contributed by atoms with E-state index in [0.717, 1.165) is 116 Å². The first-order valence-electron chi connectivity index (χ1n) is 33.2. The summed E-state index contributed by atoms with van der Waals surface area (Å²) < 4.78 is 16.9. The molecule has 0 spiro atoms. The van der Waals surface area contributed by atoms with Crippen molar-refractivity contribution in [3.8, 4) is 0 Å². The lowest BCUT2D eigenvalue weighted by atomic mass is 10.1. The Labute approximate surface area is 494 Å². The maximum Gasteiger partial charge on any atom is 0.306 e. The SMILES string of the molecule is CC/C=C\C/C=C\C/C=C\C/C=C\C/C=C\C/C=C\C/C=C\C/C=C\C/C=C\CCCC(=O)OCC(COC(=O)CCCCCCC/C=C\CCCCCCCCC)OC(=O)CCCCCCCCC/C=C\CCCCCCCC. The van der Waals surface area contributed by atoms with Crippen LogP contribution in [0, 0.1) is 0 Å². The fraction of sp³-hybridized carbons (Fsp3) is 0.662. The standard InChI is InChI=1S/C74H122O6/c1-4-7-10-13-16-19-22-25-28-31-32-33-34-35-36-37-38-39-40-41-42-44-46-49-52-55-58-61-64-67-73(76)79-70-71(69-78-72(75)66-63-60-57-54-51-48-45-30-27-24-21-18-15-12-9-6-3)80-74(77)68-65-62-59-56-53-50-47-43-29-26-23-20-17-14-11-8-5-2/h7,10,16,19,25-26,28-30,32-33,35-36,38-39,41-42,45-46,49,55,58,71H,4-6,8-9,11-15,17-18,20-24,27,31,34,37,40,43-44,47-48,50-54,56-57,59-70H2,1-3H3/b10-7-,19-16-,28-25-,29-26-,33-32-,36-35-,39-38-,42-41-,45-30-,49-46-,58-55-. The molecule has 0 rings (SSSR count). The average molecular weight is 1110 g/mol. The first kappa shape index (κ1) is 75.5. The molecule has 0 aromatic carbocycles. The van der Waals surface area contributed by atoms with Crippen molar-refractivity contribution < 1.29 is 28.6 Å². The highest BCUT2D eigenvalue weighted by Crippen LogP contribution is 2.15. The van der Waals surface area contributed by atoms with Crippen LogP contribution in [-0.2, 0) is 28.6 Å². The molecule has 0 aromatic rings. The Hall–Kier alpha value is -4.45. The number of hydrogen-bond donors (Lipinski definition) is 0. The number of ether oxygens (including phenoxy) is 3. The molecule has 6 nitrogen and oxygen atoms in total. The summed E-state index contributed by atoms with van der Waals surface area (Å²) >= 11 is 0. The number of carbonyl (C=O) groups is 3. The van der Waals surface area contributed by atoms with Gasteiger partial charge < -0.3 is 14.2 Å². The zero-order valence-electron chi connectivity index (χ0n) is 52.0. The normalized spacial score (nSPS) is 13.0. The van der Waals surface area contributed by atoms with E-state index in [9.17, 15) is 14.4 Å². The lowest BCUT2D eigenvalue weighted by Crippen LogP contribution is -2.30. The van der Waals surface area contributed by atoms with Crippen molar-refractivity contribution in [1.29, 1.82) is 0 Å². The highest BCUT2D eigenvalue weighted by molar-refractivity contribution is 5.71. The van der Waals surface area contributed by atoms with Gasteiger partial charge in [-0.2, -0.15) is 0 Å². The summed E-state index contributed by atoms with van der Waals surface area (Å²) in [4.78, 5) is 38.3. The van der Waals surface area contributed by atoms with Crippen LogP contribution in [0.15, 0.2) is 134 Å². The highest BCUT2D eigenvalue weighted by atomic mass is 16.6. The summed E-state index contributed by atoms with van der Waals surface area (Å²) in [5.41, 5.74) is 0. The van der Waals surface area contributed by atoms with Gasteiger partial charge in [0.15, 0.2) is 6.10 Å². The van der Waals surface area contributed by atoms with Crippen molar-refractivity contribution in [2.45, 2.75) is 303 Å². The minimum Gasteiger partial charge on any atom is -0.462 e. The number of allylic oxidation sites excluding steroid dienone is 22. The molecule has 0 saturated carbocycles. The quantitative estimate of drug-likeness (QED) is 0.0261. The molecule has 0 fully saturated rings. The topological polar surface area (TPSA) is 78.9 Å². The Bertz CT molecular complexity index is 1700. The molecule has 0 aliphatic carbocycles. The third kappa shape index (κ3) is 64.4. The number of esters is 3. The molecule has 0 saturated heterocycles. The van der Waals surface area contributed by atoms with E-state index in [0.29, 0.717) is 19.3 Å². The summed E-state index contributed by atoms with van der Waals surface area (Å²) in [5, 5.41) is 0. The predicted molar refractivity (Wildman–Crippen MR) is 348 cm³/mol. The number of carbonyl (C=O) groups excluding carboxylic acids is 3. The first-order chi connectivity index (χ1) is 39.5. The van der Waals surface area contributed by atoms with Crippen LogP contribution in [0.4, 0.5) is 0 Å². The van der Waals surface area contributed by atoms with E-state index in [4.69, 9.17) is 14.2 Å². The number of hydrogen-bond acceptors (Lipinski definition) is 6. The van der Waals surface area contributed by atoms with Crippen LogP contribution in [0.5, 0.6) is 0 Å². The first-order valence-corrected chi connectivity index (χ1v) is 33.2. The summed E-state index contributed by atoms with van der Waals surface area (Å²) in [6, 6.07) is 0. The van der Waals surface area contributed by atoms with Crippen molar-refractivity contribution >= 4 is 17.9 Å². The lowest BCUT2D eigenvalue weighted by molar-refractivity contribution is -0.167. The largest absolute Gasteiger partial charge is 0.462 e. The molecule has 0 N–H and O–H groups in total. The van der Waals surface area contributed by atoms with Gasteiger partial charge >= 0.3 is 17.9 Å². The summed E-state index contributed by atoms with van der Waals surface area (Å²) in [6.45, 7) is 6.48. The third-order valence-corrected chi connectivity index (χ3v) is 13.9. The van der Waals surface area contributed by atoms with Crippen LogP contribution in [0.1, 0.15) is 297 Å². The van der Waals surface area contributed by atoms with Crippen LogP contribution in [0.25, 0.3) is 0 Å². The van der Waals surface area contributed by atoms with E-state index >= 15 is 0 Å². The van der Waals surface area contributed by atoms with E-state index in [2.05, 4.69) is 154 Å². The van der Waals surface area contributed by atoms with Crippen molar-refractivity contribution in [2.24, 2.45) is 0 Å². The van der Waals surface area contributed by atoms with Gasteiger partial charge in [-0.15, -0.1) is 0 Å². The predicted octanol–water partition coefficient (Wildman–Crippen LogP) is 22.9. The van der Waals surface area contributed by atoms with Gasteiger partial charge in [-0.3, -0.25) is 14.4 Å². The summed E-state index contributed by atoms with van der Waals surface area (Å²) in [6.07, 6.45) is 94.6. The molecule has 80 heavy (non-hydrogen) atoms. The van der Waals surface area contributed by atoms with Crippen LogP contribution in [-0.4, -0.2) is 37.2 Å². The van der Waals surface area contributed by atoms with Gasteiger partial charge in [-0.05, 0) is 135 Å². The zero-order valence-corrected chi connectivity index (χ0v) is 52.0. The molecule has 0 heterocycles. The van der Waals surface area contributed by atoms with E-state index in [-0.39, 0.29) is 37.5 Å². The van der Waals surface area contributed by atoms with Crippen LogP contribution in [0.3, 0.4) is 0 Å². The van der Waals surface area contributed by atoms with E-state index < -0.39 is 6.10 Å².